The van der Waals surface area contributed by atoms with Crippen LogP contribution in [0, 0.1) is 11.3 Å². The second-order valence-electron chi connectivity index (χ2n) is 3.37. The van der Waals surface area contributed by atoms with Crippen molar-refractivity contribution in [3.8, 4) is 11.8 Å². The summed E-state index contributed by atoms with van der Waals surface area (Å²) in [5.74, 6) is -1.89. The van der Waals surface area contributed by atoms with Gasteiger partial charge in [-0.15, -0.1) is 0 Å². The highest BCUT2D eigenvalue weighted by atomic mass is 32.2. The third-order valence-electron chi connectivity index (χ3n) is 2.05. The molecule has 1 aromatic carbocycles. The number of halogens is 5. The molecule has 21 heavy (non-hydrogen) atoms. The first-order valence-corrected chi connectivity index (χ1v) is 5.86. The molecular formula is C11H6F5NO3S. The monoisotopic (exact) mass is 327 g/mol. The van der Waals surface area contributed by atoms with Crippen molar-refractivity contribution in [3.63, 3.8) is 0 Å². The normalized spacial score (nSPS) is 11.1. The molecule has 0 aromatic heterocycles. The summed E-state index contributed by atoms with van der Waals surface area (Å²) in [7, 11) is 0.931. The van der Waals surface area contributed by atoms with Gasteiger partial charge >= 0.3 is 18.1 Å². The molecule has 1 rings (SSSR count). The Labute approximate surface area is 119 Å². The third kappa shape index (κ3) is 4.78. The molecule has 0 fully saturated rings. The molecule has 0 aliphatic carbocycles. The molecule has 0 bridgehead atoms. The number of alkyl halides is 5. The molecule has 0 heterocycles. The zero-order chi connectivity index (χ0) is 16.2. The maximum atomic E-state index is 12.4. The highest BCUT2D eigenvalue weighted by Crippen LogP contribution is 2.41. The van der Waals surface area contributed by atoms with E-state index in [1.807, 2.05) is 0 Å². The van der Waals surface area contributed by atoms with Gasteiger partial charge in [0.25, 0.3) is 0 Å². The first-order valence-electron chi connectivity index (χ1n) is 5.05. The van der Waals surface area contributed by atoms with Gasteiger partial charge in [-0.3, -0.25) is 0 Å². The molecule has 0 spiro atoms. The predicted octanol–water partition coefficient (Wildman–Crippen LogP) is 3.56. The maximum absolute atomic E-state index is 12.4. The van der Waals surface area contributed by atoms with Crippen molar-refractivity contribution >= 4 is 17.7 Å². The first kappa shape index (κ1) is 17.0. The van der Waals surface area contributed by atoms with Gasteiger partial charge in [0.2, 0.25) is 0 Å². The molecule has 0 amide bonds. The predicted molar refractivity (Wildman–Crippen MR) is 61.0 cm³/mol. The number of nitriles is 1. The van der Waals surface area contributed by atoms with Crippen LogP contribution in [-0.2, 0) is 4.74 Å². The lowest BCUT2D eigenvalue weighted by atomic mass is 10.1. The van der Waals surface area contributed by atoms with Crippen molar-refractivity contribution in [2.75, 3.05) is 7.11 Å². The quantitative estimate of drug-likeness (QED) is 0.481. The fraction of sp³-hybridized carbons (Fsp3) is 0.273. The summed E-state index contributed by atoms with van der Waals surface area (Å²) in [5, 5.41) is 8.78. The van der Waals surface area contributed by atoms with Gasteiger partial charge in [-0.25, -0.2) is 4.79 Å². The Morgan fingerprint density at radius 3 is 2.43 bits per heavy atom. The SMILES string of the molecule is COC(=O)c1cc(C#N)c(OC(F)F)cc1SC(F)(F)F. The molecule has 0 aliphatic rings. The van der Waals surface area contributed by atoms with E-state index in [9.17, 15) is 26.7 Å². The van der Waals surface area contributed by atoms with E-state index in [1.54, 1.807) is 0 Å². The minimum absolute atomic E-state index is 0.512. The van der Waals surface area contributed by atoms with E-state index in [1.165, 1.54) is 6.07 Å². The summed E-state index contributed by atoms with van der Waals surface area (Å²) in [6.07, 6.45) is 0. The van der Waals surface area contributed by atoms with Crippen LogP contribution in [0.25, 0.3) is 0 Å². The van der Waals surface area contributed by atoms with E-state index < -0.39 is 51.6 Å². The van der Waals surface area contributed by atoms with Crippen LogP contribution in [0.2, 0.25) is 0 Å². The van der Waals surface area contributed by atoms with Crippen molar-refractivity contribution < 1.29 is 36.2 Å². The standard InChI is InChI=1S/C11H6F5NO3S/c1-19-9(18)6-2-5(4-17)7(20-10(12)13)3-8(6)21-11(14,15)16/h2-3,10H,1H3. The molecule has 0 saturated heterocycles. The zero-order valence-corrected chi connectivity index (χ0v) is 11.0. The summed E-state index contributed by atoms with van der Waals surface area (Å²) in [6, 6.07) is 2.71. The van der Waals surface area contributed by atoms with Crippen LogP contribution < -0.4 is 4.74 Å². The summed E-state index contributed by atoms with van der Waals surface area (Å²) < 4.78 is 69.9. The van der Waals surface area contributed by atoms with Crippen LogP contribution in [0.4, 0.5) is 22.0 Å². The van der Waals surface area contributed by atoms with E-state index in [-0.39, 0.29) is 0 Å². The van der Waals surface area contributed by atoms with E-state index in [2.05, 4.69) is 9.47 Å². The second-order valence-corrected chi connectivity index (χ2v) is 4.48. The number of carbonyl (C=O) groups excluding carboxylic acids is 1. The molecule has 10 heteroatoms. The highest BCUT2D eigenvalue weighted by molar-refractivity contribution is 8.00. The molecule has 114 valence electrons. The Morgan fingerprint density at radius 1 is 1.38 bits per heavy atom. The van der Waals surface area contributed by atoms with Gasteiger partial charge in [0.1, 0.15) is 11.8 Å². The summed E-state index contributed by atoms with van der Waals surface area (Å²) in [5.41, 5.74) is -5.85. The molecule has 0 atom stereocenters. The van der Waals surface area contributed by atoms with Crippen molar-refractivity contribution in [2.24, 2.45) is 0 Å². The lowest BCUT2D eigenvalue weighted by molar-refractivity contribution is -0.0501. The summed E-state index contributed by atoms with van der Waals surface area (Å²) >= 11 is -0.704. The van der Waals surface area contributed by atoms with Crippen LogP contribution in [0.1, 0.15) is 15.9 Å². The Morgan fingerprint density at radius 2 is 2.00 bits per heavy atom. The number of hydrogen-bond donors (Lipinski definition) is 0. The first-order chi connectivity index (χ1) is 9.67. The van der Waals surface area contributed by atoms with Gasteiger partial charge in [-0.2, -0.15) is 27.2 Å². The topological polar surface area (TPSA) is 59.3 Å². The van der Waals surface area contributed by atoms with Crippen molar-refractivity contribution in [1.29, 1.82) is 5.26 Å². The minimum Gasteiger partial charge on any atom is -0.465 e. The van der Waals surface area contributed by atoms with Crippen LogP contribution in [0.3, 0.4) is 0 Å². The van der Waals surface area contributed by atoms with Gasteiger partial charge in [-0.05, 0) is 23.9 Å². The van der Waals surface area contributed by atoms with E-state index in [0.717, 1.165) is 7.11 Å². The van der Waals surface area contributed by atoms with Gasteiger partial charge < -0.3 is 9.47 Å². The number of esters is 1. The van der Waals surface area contributed by atoms with Crippen molar-refractivity contribution in [3.05, 3.63) is 23.3 Å². The molecule has 0 unspecified atom stereocenters. The Kier molecular flexibility index (Phi) is 5.37. The number of hydrogen-bond acceptors (Lipinski definition) is 5. The van der Waals surface area contributed by atoms with Crippen LogP contribution in [0.5, 0.6) is 5.75 Å². The number of benzene rings is 1. The van der Waals surface area contributed by atoms with E-state index in [0.29, 0.717) is 12.1 Å². The lowest BCUT2D eigenvalue weighted by Crippen LogP contribution is -2.10. The van der Waals surface area contributed by atoms with Gasteiger partial charge in [0.15, 0.2) is 0 Å². The Balaban J connectivity index is 3.42. The molecule has 4 nitrogen and oxygen atoms in total. The zero-order valence-electron chi connectivity index (χ0n) is 10.2. The fourth-order valence-corrected chi connectivity index (χ4v) is 1.99. The number of ether oxygens (including phenoxy) is 2. The smallest absolute Gasteiger partial charge is 0.446 e. The Hall–Kier alpha value is -2.02. The number of methoxy groups -OCH3 is 1. The minimum atomic E-state index is -4.76. The fourth-order valence-electron chi connectivity index (χ4n) is 1.32. The largest absolute Gasteiger partial charge is 0.465 e. The second kappa shape index (κ2) is 6.62. The van der Waals surface area contributed by atoms with Crippen molar-refractivity contribution in [1.82, 2.24) is 0 Å². The average Bonchev–Trinajstić information content (AvgIpc) is 2.35. The van der Waals surface area contributed by atoms with Gasteiger partial charge in [-0.1, -0.05) is 0 Å². The molecule has 0 N–H and O–H groups in total. The van der Waals surface area contributed by atoms with Crippen LogP contribution in [0.15, 0.2) is 17.0 Å². The molecule has 1 aromatic rings. The number of rotatable bonds is 4. The van der Waals surface area contributed by atoms with Crippen LogP contribution in [-0.4, -0.2) is 25.2 Å². The van der Waals surface area contributed by atoms with Crippen LogP contribution >= 0.6 is 11.8 Å². The number of nitrogens with zero attached hydrogens (tertiary/aromatic N) is 1. The highest BCUT2D eigenvalue weighted by Gasteiger charge is 2.32. The Bertz CT molecular complexity index is 582. The van der Waals surface area contributed by atoms with Gasteiger partial charge in [0.05, 0.1) is 18.2 Å². The summed E-state index contributed by atoms with van der Waals surface area (Å²) in [4.78, 5) is 10.7. The van der Waals surface area contributed by atoms with Gasteiger partial charge in [0, 0.05) is 4.90 Å². The third-order valence-corrected chi connectivity index (χ3v) is 2.84. The van der Waals surface area contributed by atoms with E-state index in [4.69, 9.17) is 5.26 Å². The lowest BCUT2D eigenvalue weighted by Gasteiger charge is -2.13. The van der Waals surface area contributed by atoms with E-state index >= 15 is 0 Å². The molecule has 0 radical (unpaired) electrons. The molecule has 0 saturated carbocycles. The average molecular weight is 327 g/mol. The van der Waals surface area contributed by atoms with Crippen molar-refractivity contribution in [2.45, 2.75) is 17.0 Å². The maximum Gasteiger partial charge on any atom is 0.446 e. The summed E-state index contributed by atoms with van der Waals surface area (Å²) in [6.45, 7) is -3.33. The molecule has 0 aliphatic heterocycles. The number of carbonyl (C=O) groups is 1. The molecular weight excluding hydrogens is 321 g/mol. The number of thioether (sulfide) groups is 1.